The molecule has 0 radical (unpaired) electrons. The number of aldehydes is 1. The zero-order valence-corrected chi connectivity index (χ0v) is 26.3. The Morgan fingerprint density at radius 3 is 2.07 bits per heavy atom. The fourth-order valence-electron chi connectivity index (χ4n) is 5.33. The van der Waals surface area contributed by atoms with Crippen LogP contribution in [-0.2, 0) is 40.0 Å². The lowest BCUT2D eigenvalue weighted by Gasteiger charge is -2.29. The van der Waals surface area contributed by atoms with Crippen molar-refractivity contribution >= 4 is 41.7 Å². The summed E-state index contributed by atoms with van der Waals surface area (Å²) in [6, 6.07) is 3.20. The number of likely N-dealkylation sites (tertiary alicyclic amines) is 1. The predicted molar refractivity (Wildman–Crippen MR) is 164 cm³/mol. The molecule has 2 saturated heterocycles. The van der Waals surface area contributed by atoms with Gasteiger partial charge < -0.3 is 41.6 Å². The van der Waals surface area contributed by atoms with Gasteiger partial charge in [-0.05, 0) is 65.5 Å². The average molecular weight is 628 g/mol. The van der Waals surface area contributed by atoms with Crippen molar-refractivity contribution in [1.82, 2.24) is 36.8 Å². The molecule has 7 atom stereocenters. The summed E-state index contributed by atoms with van der Waals surface area (Å²) in [6.45, 7) is 7.06. The minimum atomic E-state index is -1.08. The number of carbonyl (C=O) groups is 7. The van der Waals surface area contributed by atoms with Gasteiger partial charge in [-0.15, -0.1) is 0 Å². The summed E-state index contributed by atoms with van der Waals surface area (Å²) in [7, 11) is 0. The second-order valence-corrected chi connectivity index (χ2v) is 11.7. The van der Waals surface area contributed by atoms with Crippen LogP contribution in [0.5, 0.6) is 0 Å². The van der Waals surface area contributed by atoms with E-state index in [9.17, 15) is 33.6 Å². The second-order valence-electron chi connectivity index (χ2n) is 11.7. The Bertz CT molecular complexity index is 1240. The van der Waals surface area contributed by atoms with Crippen LogP contribution in [0.2, 0.25) is 0 Å². The van der Waals surface area contributed by atoms with Crippen molar-refractivity contribution in [3.05, 3.63) is 35.9 Å². The number of nitrogens with zero attached hydrogens (tertiary/aromatic N) is 1. The Labute approximate surface area is 263 Å². The van der Waals surface area contributed by atoms with Gasteiger partial charge in [0.2, 0.25) is 35.4 Å². The zero-order chi connectivity index (χ0) is 33.1. The highest BCUT2D eigenvalue weighted by molar-refractivity contribution is 5.97. The molecule has 2 aliphatic rings. The lowest BCUT2D eigenvalue weighted by molar-refractivity contribution is -0.142. The average Bonchev–Trinajstić information content (AvgIpc) is 3.74. The largest absolute Gasteiger partial charge is 0.345 e. The SMILES string of the molecule is C[C@H](NC(=O)[C@H](C)NC(=O)[C@H](Cc1ccccc1)NC(=O)[C@@H]1CCCN1C(=O)[C@H](C)NC(=O)[C@@H]1CCCN1)C(=O)N[C@@H](C)C=O. The molecule has 6 amide bonds. The van der Waals surface area contributed by atoms with Crippen molar-refractivity contribution < 1.29 is 33.6 Å². The standard InChI is InChI=1S/C31H45N7O7/c1-18(17-39)33-26(40)19(2)34-27(41)20(3)35-29(43)24(16-22-10-6-5-7-11-22)37-30(44)25-13-9-15-38(25)31(45)21(4)36-28(42)23-12-8-14-32-23/h5-7,10-11,17-21,23-25,32H,8-9,12-16H2,1-4H3,(H,33,40)(H,34,41)(H,35,43)(H,36,42)(H,37,44)/t18-,19-,20-,21-,23-,24-,25-/m0/s1. The highest BCUT2D eigenvalue weighted by atomic mass is 16.2. The third-order valence-electron chi connectivity index (χ3n) is 7.94. The molecule has 0 aliphatic carbocycles. The highest BCUT2D eigenvalue weighted by Crippen LogP contribution is 2.19. The van der Waals surface area contributed by atoms with Gasteiger partial charge >= 0.3 is 0 Å². The maximum Gasteiger partial charge on any atom is 0.245 e. The number of hydrogen-bond acceptors (Lipinski definition) is 8. The number of nitrogens with one attached hydrogen (secondary N) is 6. The summed E-state index contributed by atoms with van der Waals surface area (Å²) < 4.78 is 0. The zero-order valence-electron chi connectivity index (χ0n) is 26.3. The molecule has 0 saturated carbocycles. The van der Waals surface area contributed by atoms with E-state index < -0.39 is 59.9 Å². The van der Waals surface area contributed by atoms with Crippen molar-refractivity contribution in [3.63, 3.8) is 0 Å². The Hall–Kier alpha value is -4.33. The summed E-state index contributed by atoms with van der Waals surface area (Å²) in [4.78, 5) is 90.0. The fraction of sp³-hybridized carbons (Fsp3) is 0.581. The summed E-state index contributed by atoms with van der Waals surface area (Å²) >= 11 is 0. The fourth-order valence-corrected chi connectivity index (χ4v) is 5.33. The molecule has 45 heavy (non-hydrogen) atoms. The number of rotatable bonds is 14. The van der Waals surface area contributed by atoms with Crippen molar-refractivity contribution in [2.45, 2.75) is 102 Å². The van der Waals surface area contributed by atoms with Gasteiger partial charge in [0.25, 0.3) is 0 Å². The number of carbonyl (C=O) groups excluding carboxylic acids is 7. The Kier molecular flexibility index (Phi) is 13.0. The second kappa shape index (κ2) is 16.7. The molecule has 6 N–H and O–H groups in total. The number of amides is 6. The molecule has 0 unspecified atom stereocenters. The minimum absolute atomic E-state index is 0.122. The van der Waals surface area contributed by atoms with Crippen LogP contribution in [0.15, 0.2) is 30.3 Å². The van der Waals surface area contributed by atoms with Crippen LogP contribution in [-0.4, -0.2) is 102 Å². The van der Waals surface area contributed by atoms with E-state index in [0.717, 1.165) is 18.5 Å². The molecule has 14 heteroatoms. The van der Waals surface area contributed by atoms with Crippen LogP contribution >= 0.6 is 0 Å². The molecule has 2 fully saturated rings. The van der Waals surface area contributed by atoms with Gasteiger partial charge in [0.05, 0.1) is 12.1 Å². The van der Waals surface area contributed by atoms with Gasteiger partial charge in [0.1, 0.15) is 36.5 Å². The van der Waals surface area contributed by atoms with Crippen LogP contribution in [0.25, 0.3) is 0 Å². The van der Waals surface area contributed by atoms with Gasteiger partial charge in [0, 0.05) is 13.0 Å². The van der Waals surface area contributed by atoms with E-state index in [2.05, 4.69) is 31.9 Å². The Morgan fingerprint density at radius 1 is 0.800 bits per heavy atom. The quantitative estimate of drug-likeness (QED) is 0.137. The maximum absolute atomic E-state index is 13.5. The van der Waals surface area contributed by atoms with Gasteiger partial charge in [-0.3, -0.25) is 28.8 Å². The summed E-state index contributed by atoms with van der Waals surface area (Å²) in [5.74, 6) is -2.96. The Morgan fingerprint density at radius 2 is 1.44 bits per heavy atom. The van der Waals surface area contributed by atoms with Crippen LogP contribution in [0.4, 0.5) is 0 Å². The van der Waals surface area contributed by atoms with E-state index in [1.54, 1.807) is 31.2 Å². The number of benzene rings is 1. The van der Waals surface area contributed by atoms with Gasteiger partial charge in [-0.25, -0.2) is 0 Å². The molecular formula is C31H45N7O7. The van der Waals surface area contributed by atoms with Crippen molar-refractivity contribution in [2.24, 2.45) is 0 Å². The summed E-state index contributed by atoms with van der Waals surface area (Å²) in [5.41, 5.74) is 0.765. The van der Waals surface area contributed by atoms with E-state index in [1.807, 2.05) is 6.07 Å². The molecular weight excluding hydrogens is 582 g/mol. The van der Waals surface area contributed by atoms with Crippen LogP contribution < -0.4 is 31.9 Å². The third kappa shape index (κ3) is 10.1. The Balaban J connectivity index is 1.65. The van der Waals surface area contributed by atoms with E-state index in [-0.39, 0.29) is 24.3 Å². The molecule has 2 heterocycles. The summed E-state index contributed by atoms with van der Waals surface area (Å²) in [5, 5.41) is 16.2. The molecule has 0 aromatic heterocycles. The van der Waals surface area contributed by atoms with E-state index >= 15 is 0 Å². The van der Waals surface area contributed by atoms with E-state index in [4.69, 9.17) is 0 Å². The van der Waals surface area contributed by atoms with Crippen LogP contribution in [0.3, 0.4) is 0 Å². The topological polar surface area (TPSA) is 195 Å². The first kappa shape index (κ1) is 35.2. The first-order chi connectivity index (χ1) is 21.4. The third-order valence-corrected chi connectivity index (χ3v) is 7.94. The van der Waals surface area contributed by atoms with Crippen molar-refractivity contribution in [3.8, 4) is 0 Å². The molecule has 246 valence electrons. The van der Waals surface area contributed by atoms with E-state index in [0.29, 0.717) is 32.1 Å². The van der Waals surface area contributed by atoms with Crippen LogP contribution in [0.1, 0.15) is 58.9 Å². The van der Waals surface area contributed by atoms with Crippen LogP contribution in [0, 0.1) is 0 Å². The lowest BCUT2D eigenvalue weighted by atomic mass is 10.0. The molecule has 1 aromatic carbocycles. The molecule has 1 aromatic rings. The first-order valence-corrected chi connectivity index (χ1v) is 15.5. The lowest BCUT2D eigenvalue weighted by Crippen LogP contribution is -2.58. The minimum Gasteiger partial charge on any atom is -0.345 e. The molecule has 0 bridgehead atoms. The molecule has 3 rings (SSSR count). The predicted octanol–water partition coefficient (Wildman–Crippen LogP) is -1.33. The van der Waals surface area contributed by atoms with Gasteiger partial charge in [-0.1, -0.05) is 30.3 Å². The maximum atomic E-state index is 13.5. The number of hydrogen-bond donors (Lipinski definition) is 6. The summed E-state index contributed by atoms with van der Waals surface area (Å²) in [6.07, 6.45) is 3.24. The van der Waals surface area contributed by atoms with Crippen molar-refractivity contribution in [1.29, 1.82) is 0 Å². The van der Waals surface area contributed by atoms with E-state index in [1.165, 1.54) is 25.7 Å². The molecule has 0 spiro atoms. The van der Waals surface area contributed by atoms with Crippen molar-refractivity contribution in [2.75, 3.05) is 13.1 Å². The molecule has 14 nitrogen and oxygen atoms in total. The van der Waals surface area contributed by atoms with Gasteiger partial charge in [0.15, 0.2) is 0 Å². The highest BCUT2D eigenvalue weighted by Gasteiger charge is 2.38. The molecule has 2 aliphatic heterocycles. The van der Waals surface area contributed by atoms with Gasteiger partial charge in [-0.2, -0.15) is 0 Å². The first-order valence-electron chi connectivity index (χ1n) is 15.5. The smallest absolute Gasteiger partial charge is 0.245 e. The monoisotopic (exact) mass is 627 g/mol. The normalized spacial score (nSPS) is 20.9.